The van der Waals surface area contributed by atoms with E-state index < -0.39 is 0 Å². The van der Waals surface area contributed by atoms with Crippen molar-refractivity contribution in [2.24, 2.45) is 0 Å². The Morgan fingerprint density at radius 2 is 0.667 bits per heavy atom. The Labute approximate surface area is 111 Å². The van der Waals surface area contributed by atoms with Crippen LogP contribution in [0.5, 0.6) is 0 Å². The Kier molecular flexibility index (Phi) is 387. The molecule has 0 aliphatic heterocycles. The van der Waals surface area contributed by atoms with Crippen molar-refractivity contribution in [2.45, 2.75) is 0 Å². The van der Waals surface area contributed by atoms with Gasteiger partial charge in [0.1, 0.15) is 0 Å². The summed E-state index contributed by atoms with van der Waals surface area (Å²) in [6, 6.07) is 0. The van der Waals surface area contributed by atoms with Crippen molar-refractivity contribution < 1.29 is 83.3 Å². The molecular formula is HCl3Na2Ni. The maximum absolute atomic E-state index is 0. The van der Waals surface area contributed by atoms with Gasteiger partial charge in [-0.2, -0.15) is 0 Å². The van der Waals surface area contributed by atoms with Gasteiger partial charge >= 0.3 is 75.6 Å². The van der Waals surface area contributed by atoms with Gasteiger partial charge in [-0.25, -0.2) is 0 Å². The molecule has 0 atom stereocenters. The van der Waals surface area contributed by atoms with Crippen LogP contribution in [-0.4, -0.2) is 29.6 Å². The molecule has 0 aromatic heterocycles. The first-order chi connectivity index (χ1) is 0. The van der Waals surface area contributed by atoms with Gasteiger partial charge in [-0.05, 0) is 0 Å². The van der Waals surface area contributed by atoms with Crippen LogP contribution in [-0.2, 0) is 16.5 Å². The molecular weight excluding hydrogens is 211 g/mol. The molecule has 0 nitrogen and oxygen atoms in total. The van der Waals surface area contributed by atoms with Gasteiger partial charge in [0.25, 0.3) is 0 Å². The molecule has 0 aliphatic carbocycles. The number of halogens is 3. The van der Waals surface area contributed by atoms with Crippen LogP contribution >= 0.6 is 0 Å². The molecule has 0 bridgehead atoms. The van der Waals surface area contributed by atoms with Crippen LogP contribution in [0.15, 0.2) is 0 Å². The molecule has 0 rings (SSSR count). The number of rotatable bonds is 0. The van der Waals surface area contributed by atoms with E-state index >= 15 is 0 Å². The van der Waals surface area contributed by atoms with Crippen LogP contribution in [0, 0.1) is 0 Å². The average molecular weight is 212 g/mol. The summed E-state index contributed by atoms with van der Waals surface area (Å²) in [5.74, 6) is 0. The van der Waals surface area contributed by atoms with Gasteiger partial charge in [-0.15, -0.1) is 0 Å². The van der Waals surface area contributed by atoms with Crippen LogP contribution in [0.25, 0.3) is 0 Å². The first kappa shape index (κ1) is 57.9. The van der Waals surface area contributed by atoms with E-state index in [4.69, 9.17) is 0 Å². The second-order valence-corrected chi connectivity index (χ2v) is 0. The summed E-state index contributed by atoms with van der Waals surface area (Å²) in [4.78, 5) is 0. The molecule has 0 unspecified atom stereocenters. The summed E-state index contributed by atoms with van der Waals surface area (Å²) in [6.45, 7) is 0. The van der Waals surface area contributed by atoms with E-state index in [0.29, 0.717) is 0 Å². The second-order valence-electron chi connectivity index (χ2n) is 0. The largest absolute Gasteiger partial charge is 2.00 e. The van der Waals surface area contributed by atoms with Crippen LogP contribution in [0.4, 0.5) is 0 Å². The molecule has 0 spiro atoms. The van der Waals surface area contributed by atoms with Gasteiger partial charge in [-0.3, -0.25) is 0 Å². The van der Waals surface area contributed by atoms with Gasteiger partial charge in [-0.1, -0.05) is 0 Å². The van der Waals surface area contributed by atoms with Gasteiger partial charge in [0, 0.05) is 0 Å². The minimum Gasteiger partial charge on any atom is 2.00 e. The smallest absolute Gasteiger partial charge is 2.00 e. The Morgan fingerprint density at radius 3 is 0.667 bits per heavy atom. The van der Waals surface area contributed by atoms with E-state index in [1.54, 1.807) is 0 Å². The van der Waals surface area contributed by atoms with Crippen LogP contribution in [0.3, 0.4) is 0 Å². The molecule has 0 N–H and O–H groups in total. The van der Waals surface area contributed by atoms with Crippen molar-refractivity contribution in [2.75, 3.05) is 0 Å². The molecule has 0 amide bonds. The summed E-state index contributed by atoms with van der Waals surface area (Å²) >= 11 is 0. The summed E-state index contributed by atoms with van der Waals surface area (Å²) in [5, 5.41) is 0. The standard InChI is InChI=1S/3ClH.2Na.Ni.H/h3*1H;;;;/q;;;;+1;+2;/p-3. The fourth-order valence-corrected chi connectivity index (χ4v) is 0. The molecule has 6 heavy (non-hydrogen) atoms. The first-order valence-electron chi connectivity index (χ1n) is 0. The Balaban J connectivity index is 0. The predicted molar refractivity (Wildman–Crippen MR) is 7.15 cm³/mol. The van der Waals surface area contributed by atoms with Gasteiger partial charge in [0.05, 0.1) is 0 Å². The zero-order valence-electron chi connectivity index (χ0n) is 2.45. The minimum atomic E-state index is 0. The third-order valence-electron chi connectivity index (χ3n) is 0. The fourth-order valence-electron chi connectivity index (χ4n) is 0. The minimum absolute atomic E-state index is 0. The Hall–Kier alpha value is 3.36. The molecule has 0 radical (unpaired) electrons. The number of hydrogen-bond acceptors (Lipinski definition) is 0. The van der Waals surface area contributed by atoms with E-state index in [0.717, 1.165) is 0 Å². The third-order valence-corrected chi connectivity index (χ3v) is 0. The Bertz CT molecular complexity index is 8.75. The second kappa shape index (κ2) is 40.1. The molecule has 0 aliphatic rings. The van der Waals surface area contributed by atoms with Crippen LogP contribution in [0.2, 0.25) is 0 Å². The third kappa shape index (κ3) is 26.4. The van der Waals surface area contributed by atoms with Crippen LogP contribution < -0.4 is 66.8 Å². The maximum Gasteiger partial charge on any atom is 2.00 e. The van der Waals surface area contributed by atoms with Gasteiger partial charge < -0.3 is 37.2 Å². The van der Waals surface area contributed by atoms with Gasteiger partial charge in [0.2, 0.25) is 0 Å². The molecule has 0 saturated carbocycles. The molecule has 0 aromatic rings. The molecule has 6 heteroatoms. The van der Waals surface area contributed by atoms with E-state index in [-0.39, 0.29) is 113 Å². The Morgan fingerprint density at radius 1 is 0.667 bits per heavy atom. The maximum atomic E-state index is 0. The van der Waals surface area contributed by atoms with E-state index in [1.807, 2.05) is 0 Å². The summed E-state index contributed by atoms with van der Waals surface area (Å²) < 4.78 is 0. The molecule has 34 valence electrons. The van der Waals surface area contributed by atoms with Crippen molar-refractivity contribution in [3.8, 4) is 0 Å². The molecule has 0 saturated heterocycles. The average Bonchev–Trinajstić information content (AvgIpc) is 0. The SMILES string of the molecule is [Cl-].[Cl-].[Cl-].[Na+].[NaH].[Ni+2]. The normalized spacial score (nSPS) is 0. The van der Waals surface area contributed by atoms with E-state index in [2.05, 4.69) is 0 Å². The number of hydrogen-bond donors (Lipinski definition) is 0. The van der Waals surface area contributed by atoms with Crippen molar-refractivity contribution >= 4 is 29.6 Å². The topological polar surface area (TPSA) is 0 Å². The van der Waals surface area contributed by atoms with Crippen molar-refractivity contribution in [3.05, 3.63) is 0 Å². The summed E-state index contributed by atoms with van der Waals surface area (Å²) in [6.07, 6.45) is 0. The van der Waals surface area contributed by atoms with Crippen molar-refractivity contribution in [3.63, 3.8) is 0 Å². The van der Waals surface area contributed by atoms with Crippen molar-refractivity contribution in [1.29, 1.82) is 0 Å². The molecule has 0 aromatic carbocycles. The van der Waals surface area contributed by atoms with E-state index in [1.165, 1.54) is 0 Å². The molecule has 0 heterocycles. The van der Waals surface area contributed by atoms with Crippen molar-refractivity contribution in [1.82, 2.24) is 0 Å². The van der Waals surface area contributed by atoms with E-state index in [9.17, 15) is 0 Å². The monoisotopic (exact) mass is 210 g/mol. The summed E-state index contributed by atoms with van der Waals surface area (Å²) in [7, 11) is 0. The van der Waals surface area contributed by atoms with Crippen LogP contribution in [0.1, 0.15) is 0 Å². The predicted octanol–water partition coefficient (Wildman–Crippen LogP) is -12.6. The quantitative estimate of drug-likeness (QED) is 0.350. The zero-order valence-corrected chi connectivity index (χ0v) is 7.71. The first-order valence-corrected chi connectivity index (χ1v) is 0. The van der Waals surface area contributed by atoms with Gasteiger partial charge in [0.15, 0.2) is 0 Å². The zero-order chi connectivity index (χ0) is 0. The molecule has 0 fully saturated rings. The summed E-state index contributed by atoms with van der Waals surface area (Å²) in [5.41, 5.74) is 0. The fraction of sp³-hybridized carbons (Fsp3) is 0.